The number of nitrogens with one attached hydrogen (secondary N) is 1. The molecule has 1 aromatic heterocycles. The van der Waals surface area contributed by atoms with Gasteiger partial charge in [-0.3, -0.25) is 0 Å². The fourth-order valence-electron chi connectivity index (χ4n) is 1.54. The quantitative estimate of drug-likeness (QED) is 0.474. The van der Waals surface area contributed by atoms with Gasteiger partial charge in [-0.25, -0.2) is 0 Å². The third-order valence-electron chi connectivity index (χ3n) is 2.46. The molecule has 1 heterocycles. The SMILES string of the molecule is [B]c1c(C)c([B])c2[nH]c(O)cc2c1[B]. The standard InChI is InChI=1S/C9H6B3NO/c1-3-6(10)8(12)4-2-5(14)13-9(4)7(3)11/h2,13-14H,1H3. The maximum Gasteiger partial charge on any atom is 0.189 e. The van der Waals surface area contributed by atoms with E-state index in [9.17, 15) is 5.11 Å². The molecule has 0 atom stereocenters. The highest BCUT2D eigenvalue weighted by molar-refractivity contribution is 6.56. The second kappa shape index (κ2) is 2.87. The third-order valence-corrected chi connectivity index (χ3v) is 2.46. The van der Waals surface area contributed by atoms with E-state index >= 15 is 0 Å². The first-order chi connectivity index (χ1) is 6.52. The van der Waals surface area contributed by atoms with Crippen molar-refractivity contribution in [1.82, 2.24) is 4.98 Å². The van der Waals surface area contributed by atoms with Crippen molar-refractivity contribution in [3.8, 4) is 5.88 Å². The Balaban J connectivity index is 3.01. The number of aromatic nitrogens is 1. The summed E-state index contributed by atoms with van der Waals surface area (Å²) in [5, 5.41) is 9.93. The third kappa shape index (κ3) is 1.08. The van der Waals surface area contributed by atoms with Crippen LogP contribution < -0.4 is 16.4 Å². The lowest BCUT2D eigenvalue weighted by molar-refractivity contribution is 0.458. The highest BCUT2D eigenvalue weighted by atomic mass is 16.3. The lowest BCUT2D eigenvalue weighted by Gasteiger charge is -2.11. The molecule has 0 amide bonds. The second-order valence-corrected chi connectivity index (χ2v) is 3.31. The Hall–Kier alpha value is -1.25. The van der Waals surface area contributed by atoms with Crippen LogP contribution in [0.2, 0.25) is 0 Å². The number of aromatic amines is 1. The van der Waals surface area contributed by atoms with Gasteiger partial charge in [-0.2, -0.15) is 0 Å². The molecule has 0 aliphatic carbocycles. The smallest absolute Gasteiger partial charge is 0.189 e. The van der Waals surface area contributed by atoms with E-state index in [-0.39, 0.29) is 5.88 Å². The Morgan fingerprint density at radius 1 is 1.14 bits per heavy atom. The molecule has 14 heavy (non-hydrogen) atoms. The van der Waals surface area contributed by atoms with Gasteiger partial charge in [-0.05, 0) is 12.3 Å². The number of aromatic hydroxyl groups is 1. The van der Waals surface area contributed by atoms with Crippen molar-refractivity contribution in [2.24, 2.45) is 0 Å². The summed E-state index contributed by atoms with van der Waals surface area (Å²) in [6, 6.07) is 1.51. The minimum Gasteiger partial charge on any atom is -0.495 e. The summed E-state index contributed by atoms with van der Waals surface area (Å²) in [4.78, 5) is 2.73. The minimum atomic E-state index is 0.0309. The Morgan fingerprint density at radius 3 is 2.43 bits per heavy atom. The molecular formula is C9H6B3NO. The zero-order valence-corrected chi connectivity index (χ0v) is 7.76. The van der Waals surface area contributed by atoms with E-state index in [0.29, 0.717) is 27.3 Å². The average Bonchev–Trinajstić information content (AvgIpc) is 2.54. The fraction of sp³-hybridized carbons (Fsp3) is 0.111. The number of fused-ring (bicyclic) bond motifs is 1. The fourth-order valence-corrected chi connectivity index (χ4v) is 1.54. The van der Waals surface area contributed by atoms with Crippen molar-refractivity contribution < 1.29 is 5.11 Å². The summed E-state index contributed by atoms with van der Waals surface area (Å²) >= 11 is 0. The molecule has 0 unspecified atom stereocenters. The van der Waals surface area contributed by atoms with Gasteiger partial charge < -0.3 is 10.1 Å². The first-order valence-corrected chi connectivity index (χ1v) is 4.17. The topological polar surface area (TPSA) is 36.0 Å². The van der Waals surface area contributed by atoms with Crippen LogP contribution >= 0.6 is 0 Å². The van der Waals surface area contributed by atoms with Crippen LogP contribution in [0.15, 0.2) is 6.07 Å². The van der Waals surface area contributed by atoms with Crippen molar-refractivity contribution in [2.75, 3.05) is 0 Å². The van der Waals surface area contributed by atoms with Gasteiger partial charge in [0.05, 0.1) is 0 Å². The van der Waals surface area contributed by atoms with Gasteiger partial charge in [-0.15, -0.1) is 5.46 Å². The van der Waals surface area contributed by atoms with Gasteiger partial charge in [0.2, 0.25) is 0 Å². The Labute approximate surface area is 85.9 Å². The number of hydrogen-bond donors (Lipinski definition) is 2. The van der Waals surface area contributed by atoms with E-state index in [0.717, 1.165) is 5.56 Å². The molecule has 0 spiro atoms. The van der Waals surface area contributed by atoms with E-state index in [1.165, 1.54) is 6.07 Å². The predicted octanol–water partition coefficient (Wildman–Crippen LogP) is -1.44. The Kier molecular flexibility index (Phi) is 1.91. The first-order valence-electron chi connectivity index (χ1n) is 4.17. The normalized spacial score (nSPS) is 10.9. The molecule has 0 saturated heterocycles. The highest BCUT2D eigenvalue weighted by Crippen LogP contribution is 2.15. The second-order valence-electron chi connectivity index (χ2n) is 3.31. The molecule has 2 nitrogen and oxygen atoms in total. The van der Waals surface area contributed by atoms with Crippen LogP contribution in [0, 0.1) is 6.92 Å². The molecule has 0 bridgehead atoms. The molecule has 0 saturated carbocycles. The summed E-state index contributed by atoms with van der Waals surface area (Å²) in [5.41, 5.74) is 2.80. The van der Waals surface area contributed by atoms with Crippen LogP contribution in [0.1, 0.15) is 5.56 Å². The van der Waals surface area contributed by atoms with Gasteiger partial charge in [0.15, 0.2) is 5.88 Å². The molecule has 1 aromatic carbocycles. The summed E-state index contributed by atoms with van der Waals surface area (Å²) < 4.78 is 0. The lowest BCUT2D eigenvalue weighted by atomic mass is 9.71. The summed E-state index contributed by atoms with van der Waals surface area (Å²) in [6.45, 7) is 1.79. The first kappa shape index (κ1) is 9.32. The van der Waals surface area contributed by atoms with Gasteiger partial charge in [0.25, 0.3) is 0 Å². The molecular weight excluding hydrogens is 171 g/mol. The van der Waals surface area contributed by atoms with Crippen molar-refractivity contribution in [1.29, 1.82) is 0 Å². The van der Waals surface area contributed by atoms with Crippen LogP contribution in [0.5, 0.6) is 5.88 Å². The average molecular weight is 177 g/mol. The van der Waals surface area contributed by atoms with Crippen molar-refractivity contribution in [3.05, 3.63) is 11.6 Å². The Morgan fingerprint density at radius 2 is 1.79 bits per heavy atom. The van der Waals surface area contributed by atoms with Crippen LogP contribution in [-0.2, 0) is 0 Å². The molecule has 2 N–H and O–H groups in total. The number of rotatable bonds is 0. The summed E-state index contributed by atoms with van der Waals surface area (Å²) in [6.07, 6.45) is 0. The zero-order valence-electron chi connectivity index (χ0n) is 7.76. The van der Waals surface area contributed by atoms with E-state index in [4.69, 9.17) is 23.5 Å². The summed E-state index contributed by atoms with van der Waals surface area (Å²) in [7, 11) is 17.4. The van der Waals surface area contributed by atoms with Gasteiger partial charge in [-0.1, -0.05) is 16.5 Å². The van der Waals surface area contributed by atoms with Gasteiger partial charge in [0, 0.05) is 11.6 Å². The lowest BCUT2D eigenvalue weighted by Crippen LogP contribution is -2.34. The molecule has 2 aromatic rings. The van der Waals surface area contributed by atoms with Crippen molar-refractivity contribution >= 4 is 50.8 Å². The summed E-state index contributed by atoms with van der Waals surface area (Å²) in [5.74, 6) is 0.0309. The van der Waals surface area contributed by atoms with Crippen molar-refractivity contribution in [2.45, 2.75) is 6.92 Å². The van der Waals surface area contributed by atoms with E-state index in [2.05, 4.69) is 4.98 Å². The maximum absolute atomic E-state index is 9.28. The number of benzene rings is 1. The zero-order chi connectivity index (χ0) is 10.5. The molecule has 0 fully saturated rings. The molecule has 5 heteroatoms. The van der Waals surface area contributed by atoms with Crippen LogP contribution in [0.25, 0.3) is 10.9 Å². The Bertz CT molecular complexity index is 473. The minimum absolute atomic E-state index is 0.0309. The van der Waals surface area contributed by atoms with E-state index in [1.54, 1.807) is 6.92 Å². The molecule has 2 rings (SSSR count). The number of hydrogen-bond acceptors (Lipinski definition) is 1. The molecule has 62 valence electrons. The van der Waals surface area contributed by atoms with E-state index in [1.807, 2.05) is 0 Å². The van der Waals surface area contributed by atoms with Crippen LogP contribution in [-0.4, -0.2) is 33.6 Å². The van der Waals surface area contributed by atoms with Crippen LogP contribution in [0.3, 0.4) is 0 Å². The largest absolute Gasteiger partial charge is 0.495 e. The molecule has 6 radical (unpaired) electrons. The van der Waals surface area contributed by atoms with Gasteiger partial charge >= 0.3 is 0 Å². The van der Waals surface area contributed by atoms with Crippen LogP contribution in [0.4, 0.5) is 0 Å². The highest BCUT2D eigenvalue weighted by Gasteiger charge is 2.09. The van der Waals surface area contributed by atoms with Crippen molar-refractivity contribution in [3.63, 3.8) is 0 Å². The molecule has 0 aliphatic heterocycles. The van der Waals surface area contributed by atoms with Gasteiger partial charge in [0.1, 0.15) is 23.5 Å². The van der Waals surface area contributed by atoms with E-state index < -0.39 is 0 Å². The predicted molar refractivity (Wildman–Crippen MR) is 60.9 cm³/mol. The number of H-pyrrole nitrogens is 1. The monoisotopic (exact) mass is 177 g/mol. The maximum atomic E-state index is 9.28. The molecule has 0 aliphatic rings.